The number of likely N-dealkylation sites (tertiary alicyclic amines) is 1. The van der Waals surface area contributed by atoms with Gasteiger partial charge in [-0.3, -0.25) is 0 Å². The number of fused-ring (bicyclic) bond motifs is 1. The molecule has 0 saturated carbocycles. The van der Waals surface area contributed by atoms with E-state index < -0.39 is 22.0 Å². The molecule has 1 atom stereocenters. The number of carbonyl (C=O) groups is 1. The zero-order chi connectivity index (χ0) is 13.6. The Kier molecular flexibility index (Phi) is 2.60. The number of aliphatic carboxylic acids is 1. The molecule has 2 heterocycles. The van der Waals surface area contributed by atoms with Gasteiger partial charge in [0.1, 0.15) is 10.9 Å². The number of rotatable bonds is 1. The minimum Gasteiger partial charge on any atom is -0.480 e. The zero-order valence-corrected chi connectivity index (χ0v) is 10.8. The van der Waals surface area contributed by atoms with Crippen LogP contribution in [0.4, 0.5) is 0 Å². The second kappa shape index (κ2) is 4.06. The Morgan fingerprint density at radius 1 is 1.37 bits per heavy atom. The number of sulfonamides is 1. The summed E-state index contributed by atoms with van der Waals surface area (Å²) in [6.07, 6.45) is 1.23. The summed E-state index contributed by atoms with van der Waals surface area (Å²) in [6.45, 7) is 0.514. The van der Waals surface area contributed by atoms with Crippen LogP contribution >= 0.6 is 0 Å². The summed E-state index contributed by atoms with van der Waals surface area (Å²) in [5.41, 5.74) is 0.496. The molecule has 1 N–H and O–H groups in total. The van der Waals surface area contributed by atoms with Crippen LogP contribution in [0.3, 0.4) is 0 Å². The lowest BCUT2D eigenvalue weighted by atomic mass is 10.1. The van der Waals surface area contributed by atoms with Gasteiger partial charge in [-0.25, -0.2) is 4.79 Å². The summed E-state index contributed by atoms with van der Waals surface area (Å²) in [6, 6.07) is 5.82. The second-order valence-electron chi connectivity index (χ2n) is 4.58. The molecule has 100 valence electrons. The lowest BCUT2D eigenvalue weighted by molar-refractivity contribution is -0.140. The largest absolute Gasteiger partial charge is 0.480 e. The molecule has 0 radical (unpaired) electrons. The highest BCUT2D eigenvalue weighted by Gasteiger charge is 2.38. The van der Waals surface area contributed by atoms with Crippen LogP contribution in [0.1, 0.15) is 18.4 Å². The van der Waals surface area contributed by atoms with E-state index in [4.69, 9.17) is 0 Å². The molecule has 0 amide bonds. The number of nitrogens with zero attached hydrogens (tertiary/aromatic N) is 2. The molecule has 19 heavy (non-hydrogen) atoms. The van der Waals surface area contributed by atoms with Gasteiger partial charge in [0.2, 0.25) is 0 Å². The molecule has 0 bridgehead atoms. The third-order valence-corrected chi connectivity index (χ3v) is 4.75. The first-order valence-electron chi connectivity index (χ1n) is 5.94. The first-order valence-corrected chi connectivity index (χ1v) is 7.38. The Balaban J connectivity index is 2.10. The normalized spacial score (nSPS) is 24.1. The zero-order valence-electron chi connectivity index (χ0n) is 9.98. The van der Waals surface area contributed by atoms with E-state index in [1.807, 2.05) is 0 Å². The average Bonchev–Trinajstić information content (AvgIpc) is 2.93. The SMILES string of the molecule is O=C(O)[C@@H]1CCCN1C1=NS(=O)(=O)c2ccccc21. The van der Waals surface area contributed by atoms with Gasteiger partial charge in [-0.05, 0) is 25.0 Å². The van der Waals surface area contributed by atoms with E-state index in [1.165, 1.54) is 6.07 Å². The Morgan fingerprint density at radius 3 is 2.84 bits per heavy atom. The molecule has 2 aliphatic rings. The van der Waals surface area contributed by atoms with Crippen molar-refractivity contribution in [1.82, 2.24) is 4.90 Å². The summed E-state index contributed by atoms with van der Waals surface area (Å²) >= 11 is 0. The lowest BCUT2D eigenvalue weighted by Crippen LogP contribution is -2.40. The van der Waals surface area contributed by atoms with Crippen LogP contribution in [-0.4, -0.2) is 42.8 Å². The van der Waals surface area contributed by atoms with Gasteiger partial charge in [0.25, 0.3) is 10.0 Å². The molecule has 0 spiro atoms. The monoisotopic (exact) mass is 280 g/mol. The maximum Gasteiger partial charge on any atom is 0.326 e. The van der Waals surface area contributed by atoms with E-state index in [-0.39, 0.29) is 10.7 Å². The van der Waals surface area contributed by atoms with Crippen molar-refractivity contribution in [2.24, 2.45) is 4.40 Å². The van der Waals surface area contributed by atoms with Gasteiger partial charge in [-0.15, -0.1) is 4.40 Å². The molecule has 0 aromatic heterocycles. The van der Waals surface area contributed by atoms with Crippen molar-refractivity contribution in [2.75, 3.05) is 6.54 Å². The van der Waals surface area contributed by atoms with Crippen molar-refractivity contribution in [1.29, 1.82) is 0 Å². The van der Waals surface area contributed by atoms with Crippen molar-refractivity contribution in [2.45, 2.75) is 23.8 Å². The van der Waals surface area contributed by atoms with E-state index in [9.17, 15) is 18.3 Å². The summed E-state index contributed by atoms with van der Waals surface area (Å²) in [4.78, 5) is 12.9. The predicted octanol–water partition coefficient (Wildman–Crippen LogP) is 0.684. The molecule has 0 aliphatic carbocycles. The van der Waals surface area contributed by atoms with Crippen LogP contribution in [-0.2, 0) is 14.8 Å². The van der Waals surface area contributed by atoms with E-state index in [2.05, 4.69) is 4.40 Å². The maximum absolute atomic E-state index is 11.9. The predicted molar refractivity (Wildman–Crippen MR) is 67.5 cm³/mol. The minimum absolute atomic E-state index is 0.154. The number of amidine groups is 1. The summed E-state index contributed by atoms with van der Waals surface area (Å²) in [7, 11) is -3.69. The van der Waals surface area contributed by atoms with Crippen LogP contribution in [0.2, 0.25) is 0 Å². The molecule has 0 unspecified atom stereocenters. The standard InChI is InChI=1S/C12H12N2O4S/c15-12(16)9-5-3-7-14(9)11-8-4-1-2-6-10(8)19(17,18)13-11/h1-2,4,6,9H,3,5,7H2,(H,15,16)/t9-/m0/s1. The molecule has 1 aromatic rings. The third-order valence-electron chi connectivity index (χ3n) is 3.42. The molecule has 1 saturated heterocycles. The van der Waals surface area contributed by atoms with Crippen molar-refractivity contribution >= 4 is 21.8 Å². The van der Waals surface area contributed by atoms with Gasteiger partial charge in [0.05, 0.1) is 0 Å². The van der Waals surface area contributed by atoms with E-state index in [0.29, 0.717) is 18.5 Å². The fraction of sp³-hybridized carbons (Fsp3) is 0.333. The fourth-order valence-electron chi connectivity index (χ4n) is 2.57. The van der Waals surface area contributed by atoms with Crippen LogP contribution in [0.5, 0.6) is 0 Å². The summed E-state index contributed by atoms with van der Waals surface area (Å²) in [5, 5.41) is 9.18. The molecular weight excluding hydrogens is 268 g/mol. The molecular formula is C12H12N2O4S. The Labute approximate surface area is 110 Å². The Morgan fingerprint density at radius 2 is 2.11 bits per heavy atom. The molecule has 3 rings (SSSR count). The van der Waals surface area contributed by atoms with Gasteiger partial charge >= 0.3 is 5.97 Å². The van der Waals surface area contributed by atoms with E-state index >= 15 is 0 Å². The number of benzene rings is 1. The number of carboxylic acids is 1. The smallest absolute Gasteiger partial charge is 0.326 e. The second-order valence-corrected chi connectivity index (χ2v) is 6.15. The van der Waals surface area contributed by atoms with Crippen molar-refractivity contribution in [3.63, 3.8) is 0 Å². The molecule has 7 heteroatoms. The van der Waals surface area contributed by atoms with Crippen LogP contribution in [0.25, 0.3) is 0 Å². The summed E-state index contributed by atoms with van der Waals surface area (Å²) < 4.78 is 27.6. The molecule has 6 nitrogen and oxygen atoms in total. The first-order chi connectivity index (χ1) is 9.00. The quantitative estimate of drug-likeness (QED) is 0.817. The topological polar surface area (TPSA) is 87.0 Å². The lowest BCUT2D eigenvalue weighted by Gasteiger charge is -2.23. The van der Waals surface area contributed by atoms with Gasteiger partial charge < -0.3 is 10.0 Å². The van der Waals surface area contributed by atoms with Gasteiger partial charge in [0.15, 0.2) is 5.84 Å². The first kappa shape index (κ1) is 12.2. The van der Waals surface area contributed by atoms with Crippen LogP contribution in [0, 0.1) is 0 Å². The molecule has 1 aromatic carbocycles. The molecule has 2 aliphatic heterocycles. The minimum atomic E-state index is -3.69. The number of hydrogen-bond donors (Lipinski definition) is 1. The van der Waals surface area contributed by atoms with Gasteiger partial charge in [-0.2, -0.15) is 8.42 Å². The number of hydrogen-bond acceptors (Lipinski definition) is 4. The highest BCUT2D eigenvalue weighted by Crippen LogP contribution is 2.30. The maximum atomic E-state index is 11.9. The Bertz CT molecular complexity index is 681. The van der Waals surface area contributed by atoms with E-state index in [1.54, 1.807) is 23.1 Å². The Hall–Kier alpha value is -1.89. The van der Waals surface area contributed by atoms with Crippen molar-refractivity contribution in [3.05, 3.63) is 29.8 Å². The molecule has 1 fully saturated rings. The van der Waals surface area contributed by atoms with Crippen LogP contribution in [0.15, 0.2) is 33.6 Å². The highest BCUT2D eigenvalue weighted by molar-refractivity contribution is 7.90. The number of carboxylic acid groups (broad SMARTS) is 1. The highest BCUT2D eigenvalue weighted by atomic mass is 32.2. The average molecular weight is 280 g/mol. The third kappa shape index (κ3) is 1.81. The van der Waals surface area contributed by atoms with Gasteiger partial charge in [0, 0.05) is 12.1 Å². The van der Waals surface area contributed by atoms with Crippen molar-refractivity contribution < 1.29 is 18.3 Å². The van der Waals surface area contributed by atoms with Crippen molar-refractivity contribution in [3.8, 4) is 0 Å². The van der Waals surface area contributed by atoms with E-state index in [0.717, 1.165) is 6.42 Å². The van der Waals surface area contributed by atoms with Gasteiger partial charge in [-0.1, -0.05) is 12.1 Å². The van der Waals surface area contributed by atoms with Crippen LogP contribution < -0.4 is 0 Å². The summed E-state index contributed by atoms with van der Waals surface area (Å²) in [5.74, 6) is -0.678. The fourth-order valence-corrected chi connectivity index (χ4v) is 3.79.